The van der Waals surface area contributed by atoms with Gasteiger partial charge in [0, 0.05) is 18.7 Å². The first-order chi connectivity index (χ1) is 17.2. The molecule has 0 bridgehead atoms. The van der Waals surface area contributed by atoms with Crippen molar-refractivity contribution in [3.63, 3.8) is 0 Å². The van der Waals surface area contributed by atoms with Gasteiger partial charge in [0.2, 0.25) is 5.91 Å². The molecule has 1 fully saturated rings. The molecule has 1 aliphatic rings. The lowest BCUT2D eigenvalue weighted by molar-refractivity contribution is -0.137. The van der Waals surface area contributed by atoms with E-state index >= 15 is 0 Å². The summed E-state index contributed by atoms with van der Waals surface area (Å²) in [5.41, 5.74) is 0.638. The Hall–Kier alpha value is -3.55. The molecule has 4 atom stereocenters. The van der Waals surface area contributed by atoms with Gasteiger partial charge < -0.3 is 15.4 Å². The van der Waals surface area contributed by atoms with Crippen LogP contribution in [0, 0.1) is 17.7 Å². The predicted octanol–water partition coefficient (Wildman–Crippen LogP) is 7.10. The Balaban J connectivity index is 1.58. The molecule has 1 amide bonds. The lowest BCUT2D eigenvalue weighted by Gasteiger charge is -2.40. The van der Waals surface area contributed by atoms with Crippen molar-refractivity contribution >= 4 is 17.3 Å². The van der Waals surface area contributed by atoms with Crippen LogP contribution in [0.4, 0.5) is 28.9 Å². The maximum atomic E-state index is 14.4. The molecule has 1 aliphatic carbocycles. The van der Waals surface area contributed by atoms with Gasteiger partial charge in [-0.05, 0) is 72.7 Å². The zero-order valence-corrected chi connectivity index (χ0v) is 20.0. The molecule has 0 aliphatic heterocycles. The second-order valence-electron chi connectivity index (χ2n) is 9.15. The Kier molecular flexibility index (Phi) is 7.52. The average molecular weight is 501 g/mol. The number of para-hydroxylation sites is 1. The minimum atomic E-state index is -4.67. The van der Waals surface area contributed by atoms with Crippen molar-refractivity contribution in [2.45, 2.75) is 38.0 Å². The van der Waals surface area contributed by atoms with Crippen LogP contribution < -0.4 is 15.4 Å². The van der Waals surface area contributed by atoms with Gasteiger partial charge in [0.15, 0.2) is 0 Å². The van der Waals surface area contributed by atoms with Gasteiger partial charge in [-0.3, -0.25) is 4.79 Å². The van der Waals surface area contributed by atoms with Crippen molar-refractivity contribution in [2.75, 3.05) is 17.7 Å². The van der Waals surface area contributed by atoms with Crippen molar-refractivity contribution in [3.05, 3.63) is 89.7 Å². The van der Waals surface area contributed by atoms with Crippen LogP contribution >= 0.6 is 0 Å². The van der Waals surface area contributed by atoms with Crippen LogP contribution in [0.3, 0.4) is 0 Å². The number of ether oxygens (including phenoxy) is 1. The first-order valence-electron chi connectivity index (χ1n) is 11.8. The van der Waals surface area contributed by atoms with Gasteiger partial charge in [0.1, 0.15) is 17.7 Å². The van der Waals surface area contributed by atoms with Gasteiger partial charge in [0.25, 0.3) is 0 Å². The van der Waals surface area contributed by atoms with Crippen LogP contribution in [-0.4, -0.2) is 19.1 Å². The summed E-state index contributed by atoms with van der Waals surface area (Å²) in [4.78, 5) is 13.3. The monoisotopic (exact) mass is 500 g/mol. The summed E-state index contributed by atoms with van der Waals surface area (Å²) in [5, 5.41) is 5.60. The van der Waals surface area contributed by atoms with E-state index in [0.29, 0.717) is 24.7 Å². The van der Waals surface area contributed by atoms with E-state index in [2.05, 4.69) is 10.6 Å². The first kappa shape index (κ1) is 25.5. The second kappa shape index (κ2) is 10.6. The quantitative estimate of drug-likeness (QED) is 0.355. The van der Waals surface area contributed by atoms with Gasteiger partial charge in [-0.1, -0.05) is 37.3 Å². The summed E-state index contributed by atoms with van der Waals surface area (Å²) < 4.78 is 59.4. The maximum absolute atomic E-state index is 14.4. The van der Waals surface area contributed by atoms with Crippen molar-refractivity contribution in [1.82, 2.24) is 0 Å². The number of halogens is 4. The van der Waals surface area contributed by atoms with Crippen molar-refractivity contribution in [1.29, 1.82) is 0 Å². The summed E-state index contributed by atoms with van der Waals surface area (Å²) in [5.74, 6) is -1.54. The first-order valence-corrected chi connectivity index (χ1v) is 11.8. The highest BCUT2D eigenvalue weighted by Crippen LogP contribution is 2.43. The average Bonchev–Trinajstić information content (AvgIpc) is 2.86. The van der Waals surface area contributed by atoms with E-state index in [1.165, 1.54) is 0 Å². The molecular weight excluding hydrogens is 472 g/mol. The van der Waals surface area contributed by atoms with E-state index in [4.69, 9.17) is 4.74 Å². The minimum absolute atomic E-state index is 0.00780. The molecule has 3 aromatic carbocycles. The summed E-state index contributed by atoms with van der Waals surface area (Å²) in [6, 6.07) is 19.4. The maximum Gasteiger partial charge on any atom is 0.416 e. The van der Waals surface area contributed by atoms with Gasteiger partial charge >= 0.3 is 6.18 Å². The fourth-order valence-electron chi connectivity index (χ4n) is 4.86. The topological polar surface area (TPSA) is 50.4 Å². The second-order valence-corrected chi connectivity index (χ2v) is 9.15. The van der Waals surface area contributed by atoms with E-state index in [9.17, 15) is 22.4 Å². The van der Waals surface area contributed by atoms with E-state index in [0.717, 1.165) is 23.4 Å². The fraction of sp³-hybridized carbons (Fsp3) is 0.321. The largest absolute Gasteiger partial charge is 0.490 e. The smallest absolute Gasteiger partial charge is 0.416 e. The van der Waals surface area contributed by atoms with Gasteiger partial charge in [-0.15, -0.1) is 0 Å². The zero-order valence-electron chi connectivity index (χ0n) is 20.0. The number of rotatable bonds is 6. The highest BCUT2D eigenvalue weighted by molar-refractivity contribution is 5.93. The molecule has 0 radical (unpaired) electrons. The molecule has 0 saturated heterocycles. The van der Waals surface area contributed by atoms with E-state index in [1.54, 1.807) is 0 Å². The molecule has 8 heteroatoms. The SMILES string of the molecule is CNc1ccc(C2CC(Oc3ccccc3)CC(C(=O)Nc3ccc(C(F)(F)F)cc3F)[C@@H]2C)cc1. The molecule has 36 heavy (non-hydrogen) atoms. The number of carbonyl (C=O) groups excluding carboxylic acids is 1. The van der Waals surface area contributed by atoms with Crippen LogP contribution in [0.2, 0.25) is 0 Å². The minimum Gasteiger partial charge on any atom is -0.490 e. The third-order valence-corrected chi connectivity index (χ3v) is 6.87. The summed E-state index contributed by atoms with van der Waals surface area (Å²) in [6.07, 6.45) is -3.85. The standard InChI is InChI=1S/C28H28F4N2O2/c1-17-23(18-8-11-20(33-2)12-9-18)15-22(36-21-6-4-3-5-7-21)16-24(17)27(35)34-26-13-10-19(14-25(26)29)28(30,31)32/h3-14,17,22-24,33H,15-16H2,1-2H3,(H,34,35)/t17-,22?,23?,24?/m1/s1. The van der Waals surface area contributed by atoms with Crippen LogP contribution in [0.15, 0.2) is 72.8 Å². The predicted molar refractivity (Wildman–Crippen MR) is 132 cm³/mol. The van der Waals surface area contributed by atoms with Crippen molar-refractivity contribution in [3.8, 4) is 5.75 Å². The highest BCUT2D eigenvalue weighted by atomic mass is 19.4. The third kappa shape index (κ3) is 5.80. The van der Waals surface area contributed by atoms with Crippen LogP contribution in [0.25, 0.3) is 0 Å². The van der Waals surface area contributed by atoms with Gasteiger partial charge in [0.05, 0.1) is 11.3 Å². The number of alkyl halides is 3. The molecule has 4 rings (SSSR count). The summed E-state index contributed by atoms with van der Waals surface area (Å²) in [7, 11) is 1.84. The molecule has 190 valence electrons. The Morgan fingerprint density at radius 2 is 1.67 bits per heavy atom. The zero-order chi connectivity index (χ0) is 25.9. The molecule has 3 aromatic rings. The van der Waals surface area contributed by atoms with Crippen LogP contribution in [0.5, 0.6) is 5.75 Å². The van der Waals surface area contributed by atoms with E-state index in [-0.39, 0.29) is 23.6 Å². The van der Waals surface area contributed by atoms with E-state index in [1.807, 2.05) is 68.6 Å². The Bertz CT molecular complexity index is 1180. The lowest BCUT2D eigenvalue weighted by atomic mass is 9.68. The van der Waals surface area contributed by atoms with Gasteiger partial charge in [-0.25, -0.2) is 4.39 Å². The number of carbonyl (C=O) groups is 1. The van der Waals surface area contributed by atoms with Gasteiger partial charge in [-0.2, -0.15) is 13.2 Å². The van der Waals surface area contributed by atoms with E-state index < -0.39 is 29.4 Å². The van der Waals surface area contributed by atoms with Crippen LogP contribution in [0.1, 0.15) is 36.8 Å². The molecule has 4 nitrogen and oxygen atoms in total. The third-order valence-electron chi connectivity index (χ3n) is 6.87. The molecule has 0 spiro atoms. The Labute approximate surface area is 207 Å². The molecule has 0 heterocycles. The Morgan fingerprint density at radius 1 is 0.972 bits per heavy atom. The number of amides is 1. The van der Waals surface area contributed by atoms with Crippen molar-refractivity contribution in [2.24, 2.45) is 11.8 Å². The van der Waals surface area contributed by atoms with Crippen molar-refractivity contribution < 1.29 is 27.1 Å². The number of anilines is 2. The molecule has 3 unspecified atom stereocenters. The Morgan fingerprint density at radius 3 is 2.28 bits per heavy atom. The normalized spacial score (nSPS) is 22.1. The highest BCUT2D eigenvalue weighted by Gasteiger charge is 2.41. The lowest BCUT2D eigenvalue weighted by Crippen LogP contribution is -2.41. The molecule has 0 aromatic heterocycles. The number of hydrogen-bond donors (Lipinski definition) is 2. The number of benzene rings is 3. The van der Waals surface area contributed by atoms with Crippen LogP contribution in [-0.2, 0) is 11.0 Å². The number of nitrogens with one attached hydrogen (secondary N) is 2. The number of hydrogen-bond acceptors (Lipinski definition) is 3. The summed E-state index contributed by atoms with van der Waals surface area (Å²) >= 11 is 0. The summed E-state index contributed by atoms with van der Waals surface area (Å²) in [6.45, 7) is 1.97. The molecule has 1 saturated carbocycles. The molecular formula is C28H28F4N2O2. The fourth-order valence-corrected chi connectivity index (χ4v) is 4.86. The molecule has 2 N–H and O–H groups in total.